The Bertz CT molecular complexity index is 1250. The number of hydrogen-bond acceptors (Lipinski definition) is 7. The van der Waals surface area contributed by atoms with Crippen LogP contribution >= 0.6 is 11.3 Å². The monoisotopic (exact) mass is 385 g/mol. The van der Waals surface area contributed by atoms with Gasteiger partial charge in [-0.3, -0.25) is 4.72 Å². The summed E-state index contributed by atoms with van der Waals surface area (Å²) in [5, 5.41) is 9.90. The predicted octanol–water partition coefficient (Wildman–Crippen LogP) is 3.26. The van der Waals surface area contributed by atoms with Crippen molar-refractivity contribution in [3.05, 3.63) is 48.3 Å². The number of anilines is 1. The van der Waals surface area contributed by atoms with Crippen LogP contribution in [0.15, 0.2) is 45.9 Å². The summed E-state index contributed by atoms with van der Waals surface area (Å²) in [5.41, 5.74) is 2.76. The van der Waals surface area contributed by atoms with Crippen molar-refractivity contribution < 1.29 is 12.8 Å². The molecule has 10 heteroatoms. The number of aromatic nitrogens is 3. The second kappa shape index (κ2) is 5.98. The Kier molecular flexibility index (Phi) is 3.75. The molecule has 0 saturated heterocycles. The second-order valence-corrected chi connectivity index (χ2v) is 8.35. The number of sulfonamides is 1. The highest BCUT2D eigenvalue weighted by molar-refractivity contribution is 7.94. The SMILES string of the molecule is Cc1ccc(NS(=O)(=O)c2ncc(-c3cocn3)s2)c2[nH]cc(C#N)c12. The first-order chi connectivity index (χ1) is 12.5. The van der Waals surface area contributed by atoms with Gasteiger partial charge in [-0.15, -0.1) is 0 Å². The molecular weight excluding hydrogens is 374 g/mol. The molecule has 0 saturated carbocycles. The quantitative estimate of drug-likeness (QED) is 0.555. The molecule has 0 bridgehead atoms. The maximum atomic E-state index is 12.7. The number of rotatable bonds is 4. The van der Waals surface area contributed by atoms with Crippen molar-refractivity contribution >= 4 is 38.0 Å². The fraction of sp³-hybridized carbons (Fsp3) is 0.0625. The van der Waals surface area contributed by atoms with Crippen molar-refractivity contribution in [1.82, 2.24) is 15.0 Å². The van der Waals surface area contributed by atoms with Gasteiger partial charge in [0.25, 0.3) is 10.0 Å². The van der Waals surface area contributed by atoms with Gasteiger partial charge in [0.05, 0.1) is 21.6 Å². The Balaban J connectivity index is 1.73. The van der Waals surface area contributed by atoms with Gasteiger partial charge in [0.1, 0.15) is 18.0 Å². The predicted molar refractivity (Wildman–Crippen MR) is 96.2 cm³/mol. The average Bonchev–Trinajstić information content (AvgIpc) is 3.36. The molecule has 0 aliphatic carbocycles. The molecule has 4 aromatic rings. The molecule has 0 unspecified atom stereocenters. The number of nitriles is 1. The number of nitrogens with zero attached hydrogens (tertiary/aromatic N) is 3. The average molecular weight is 385 g/mol. The van der Waals surface area contributed by atoms with Crippen molar-refractivity contribution in [2.24, 2.45) is 0 Å². The van der Waals surface area contributed by atoms with E-state index >= 15 is 0 Å². The van der Waals surface area contributed by atoms with Crippen LogP contribution in [0.1, 0.15) is 11.1 Å². The lowest BCUT2D eigenvalue weighted by Gasteiger charge is -2.08. The molecule has 2 N–H and O–H groups in total. The van der Waals surface area contributed by atoms with Crippen LogP contribution in [0, 0.1) is 18.3 Å². The fourth-order valence-corrected chi connectivity index (χ4v) is 4.79. The minimum atomic E-state index is -3.89. The van der Waals surface area contributed by atoms with Crippen LogP contribution in [-0.2, 0) is 10.0 Å². The summed E-state index contributed by atoms with van der Waals surface area (Å²) in [7, 11) is -3.89. The van der Waals surface area contributed by atoms with Gasteiger partial charge in [-0.2, -0.15) is 13.7 Å². The van der Waals surface area contributed by atoms with E-state index in [1.807, 2.05) is 6.92 Å². The summed E-state index contributed by atoms with van der Waals surface area (Å²) in [5.74, 6) is 0. The number of nitrogens with one attached hydrogen (secondary N) is 2. The van der Waals surface area contributed by atoms with E-state index in [9.17, 15) is 13.7 Å². The Labute approximate surface area is 152 Å². The molecule has 130 valence electrons. The number of aromatic amines is 1. The fourth-order valence-electron chi connectivity index (χ4n) is 2.62. The summed E-state index contributed by atoms with van der Waals surface area (Å²) in [6.07, 6.45) is 5.68. The standard InChI is InChI=1S/C16H11N5O3S2/c1-9-2-3-11(15-14(9)10(4-17)5-18-15)21-26(22,23)16-19-6-13(25-16)12-7-24-8-20-12/h2-3,5-8,18,21H,1H3. The van der Waals surface area contributed by atoms with Crippen LogP contribution in [-0.4, -0.2) is 23.4 Å². The van der Waals surface area contributed by atoms with Gasteiger partial charge < -0.3 is 9.40 Å². The van der Waals surface area contributed by atoms with Gasteiger partial charge in [-0.25, -0.2) is 9.97 Å². The van der Waals surface area contributed by atoms with Crippen LogP contribution in [0.4, 0.5) is 5.69 Å². The second-order valence-electron chi connectivity index (χ2n) is 5.46. The van der Waals surface area contributed by atoms with Gasteiger partial charge in [0.15, 0.2) is 6.39 Å². The lowest BCUT2D eigenvalue weighted by molar-refractivity contribution is 0.558. The third-order valence-electron chi connectivity index (χ3n) is 3.81. The topological polar surface area (TPSA) is 125 Å². The number of hydrogen-bond donors (Lipinski definition) is 2. The molecule has 26 heavy (non-hydrogen) atoms. The molecular formula is C16H11N5O3S2. The van der Waals surface area contributed by atoms with Gasteiger partial charge in [-0.1, -0.05) is 17.4 Å². The van der Waals surface area contributed by atoms with Gasteiger partial charge in [0.2, 0.25) is 4.34 Å². The maximum Gasteiger partial charge on any atom is 0.289 e. The maximum absolute atomic E-state index is 12.7. The van der Waals surface area contributed by atoms with E-state index in [2.05, 4.69) is 25.7 Å². The minimum Gasteiger partial charge on any atom is -0.451 e. The van der Waals surface area contributed by atoms with Crippen molar-refractivity contribution in [3.63, 3.8) is 0 Å². The van der Waals surface area contributed by atoms with Crippen LogP contribution in [0.25, 0.3) is 21.5 Å². The van der Waals surface area contributed by atoms with E-state index in [1.165, 1.54) is 18.9 Å². The normalized spacial score (nSPS) is 11.5. The number of fused-ring (bicyclic) bond motifs is 1. The first-order valence-corrected chi connectivity index (χ1v) is 9.67. The smallest absolute Gasteiger partial charge is 0.289 e. The Morgan fingerprint density at radius 1 is 1.35 bits per heavy atom. The summed E-state index contributed by atoms with van der Waals surface area (Å²) in [6.45, 7) is 1.86. The summed E-state index contributed by atoms with van der Waals surface area (Å²) in [4.78, 5) is 11.5. The summed E-state index contributed by atoms with van der Waals surface area (Å²) in [6, 6.07) is 5.51. The molecule has 0 aliphatic rings. The van der Waals surface area contributed by atoms with Gasteiger partial charge in [0, 0.05) is 17.8 Å². The summed E-state index contributed by atoms with van der Waals surface area (Å²) >= 11 is 0.988. The number of oxazole rings is 1. The molecule has 0 atom stereocenters. The molecule has 0 fully saturated rings. The highest BCUT2D eigenvalue weighted by Crippen LogP contribution is 2.32. The Morgan fingerprint density at radius 3 is 2.92 bits per heavy atom. The van der Waals surface area contributed by atoms with E-state index in [0.29, 0.717) is 32.7 Å². The molecule has 3 aromatic heterocycles. The highest BCUT2D eigenvalue weighted by atomic mass is 32.2. The van der Waals surface area contributed by atoms with E-state index in [1.54, 1.807) is 18.3 Å². The lowest BCUT2D eigenvalue weighted by Crippen LogP contribution is -2.13. The van der Waals surface area contributed by atoms with Crippen molar-refractivity contribution in [1.29, 1.82) is 5.26 Å². The van der Waals surface area contributed by atoms with Crippen LogP contribution in [0.2, 0.25) is 0 Å². The van der Waals surface area contributed by atoms with Crippen molar-refractivity contribution in [2.75, 3.05) is 4.72 Å². The van der Waals surface area contributed by atoms with E-state index in [4.69, 9.17) is 4.42 Å². The number of thiazole rings is 1. The number of benzene rings is 1. The van der Waals surface area contributed by atoms with Crippen molar-refractivity contribution in [2.45, 2.75) is 11.3 Å². The molecule has 1 aromatic carbocycles. The Morgan fingerprint density at radius 2 is 2.19 bits per heavy atom. The molecule has 0 spiro atoms. The molecule has 0 radical (unpaired) electrons. The molecule has 3 heterocycles. The van der Waals surface area contributed by atoms with Crippen LogP contribution < -0.4 is 4.72 Å². The van der Waals surface area contributed by atoms with Gasteiger partial charge >= 0.3 is 0 Å². The summed E-state index contributed by atoms with van der Waals surface area (Å²) < 4.78 is 32.8. The minimum absolute atomic E-state index is 0.0868. The van der Waals surface area contributed by atoms with Crippen LogP contribution in [0.5, 0.6) is 0 Å². The molecule has 0 amide bonds. The third-order valence-corrected chi connectivity index (χ3v) is 6.58. The first-order valence-electron chi connectivity index (χ1n) is 7.37. The zero-order valence-electron chi connectivity index (χ0n) is 13.3. The molecule has 8 nitrogen and oxygen atoms in total. The van der Waals surface area contributed by atoms with E-state index in [0.717, 1.165) is 16.9 Å². The third kappa shape index (κ3) is 2.63. The van der Waals surface area contributed by atoms with Crippen LogP contribution in [0.3, 0.4) is 0 Å². The largest absolute Gasteiger partial charge is 0.451 e. The molecule has 0 aliphatic heterocycles. The number of aryl methyl sites for hydroxylation is 1. The first kappa shape index (κ1) is 16.3. The van der Waals surface area contributed by atoms with E-state index in [-0.39, 0.29) is 4.34 Å². The molecule has 4 rings (SSSR count). The lowest BCUT2D eigenvalue weighted by atomic mass is 10.1. The van der Waals surface area contributed by atoms with Gasteiger partial charge in [-0.05, 0) is 18.6 Å². The number of H-pyrrole nitrogens is 1. The van der Waals surface area contributed by atoms with E-state index < -0.39 is 10.0 Å². The zero-order chi connectivity index (χ0) is 18.3. The highest BCUT2D eigenvalue weighted by Gasteiger charge is 2.22. The zero-order valence-corrected chi connectivity index (χ0v) is 15.0. The Hall–Kier alpha value is -3.16. The van der Waals surface area contributed by atoms with Crippen molar-refractivity contribution in [3.8, 4) is 16.6 Å².